The Hall–Kier alpha value is -1.50. The summed E-state index contributed by atoms with van der Waals surface area (Å²) in [6.07, 6.45) is -4.08. The van der Waals surface area contributed by atoms with Gasteiger partial charge in [-0.2, -0.15) is 13.2 Å². The van der Waals surface area contributed by atoms with Gasteiger partial charge in [-0.25, -0.2) is 4.98 Å². The second-order valence-electron chi connectivity index (χ2n) is 3.91. The van der Waals surface area contributed by atoms with Gasteiger partial charge in [0.15, 0.2) is 0 Å². The lowest BCUT2D eigenvalue weighted by Gasteiger charge is -2.23. The monoisotopic (exact) mass is 295 g/mol. The molecule has 1 heterocycles. The van der Waals surface area contributed by atoms with Gasteiger partial charge in [0.25, 0.3) is 5.91 Å². The summed E-state index contributed by atoms with van der Waals surface area (Å²) in [6, 6.07) is 2.70. The van der Waals surface area contributed by atoms with E-state index in [9.17, 15) is 18.0 Å². The Morgan fingerprint density at radius 2 is 2.11 bits per heavy atom. The average Bonchev–Trinajstić information content (AvgIpc) is 2.29. The van der Waals surface area contributed by atoms with Crippen molar-refractivity contribution in [3.05, 3.63) is 22.8 Å². The van der Waals surface area contributed by atoms with Gasteiger partial charge in [-0.15, -0.1) is 0 Å². The molecule has 0 aliphatic carbocycles. The highest BCUT2D eigenvalue weighted by molar-refractivity contribution is 6.33. The number of carbonyl (C=O) groups is 1. The fourth-order valence-corrected chi connectivity index (χ4v) is 1.68. The molecular formula is C11H13ClF3N3O. The first-order valence-electron chi connectivity index (χ1n) is 5.52. The van der Waals surface area contributed by atoms with Gasteiger partial charge in [0.1, 0.15) is 18.1 Å². The standard InChI is InChI=1S/C11H13ClF3N3O/c1-2-5-18(6-11(13,14)15)10(19)9-7(12)3-4-8(16)17-9/h3-4H,2,5-6H2,1H3,(H2,16,17). The number of nitrogens with zero attached hydrogens (tertiary/aromatic N) is 2. The highest BCUT2D eigenvalue weighted by Crippen LogP contribution is 2.21. The number of amides is 1. The first-order chi connectivity index (χ1) is 8.74. The topological polar surface area (TPSA) is 59.2 Å². The van der Waals surface area contributed by atoms with E-state index >= 15 is 0 Å². The van der Waals surface area contributed by atoms with Gasteiger partial charge in [0, 0.05) is 6.54 Å². The minimum atomic E-state index is -4.47. The van der Waals surface area contributed by atoms with Gasteiger partial charge in [-0.05, 0) is 18.6 Å². The molecule has 0 atom stereocenters. The third kappa shape index (κ3) is 4.59. The summed E-state index contributed by atoms with van der Waals surface area (Å²) in [7, 11) is 0. The lowest BCUT2D eigenvalue weighted by atomic mass is 10.3. The molecule has 0 spiro atoms. The lowest BCUT2D eigenvalue weighted by Crippen LogP contribution is -2.40. The van der Waals surface area contributed by atoms with Crippen LogP contribution in [0.3, 0.4) is 0 Å². The molecule has 2 N–H and O–H groups in total. The van der Waals surface area contributed by atoms with E-state index in [2.05, 4.69) is 4.98 Å². The largest absolute Gasteiger partial charge is 0.406 e. The van der Waals surface area contributed by atoms with Crippen molar-refractivity contribution in [2.45, 2.75) is 19.5 Å². The Morgan fingerprint density at radius 3 is 2.63 bits per heavy atom. The molecule has 0 fully saturated rings. The molecule has 8 heteroatoms. The van der Waals surface area contributed by atoms with E-state index in [4.69, 9.17) is 17.3 Å². The number of anilines is 1. The van der Waals surface area contributed by atoms with Crippen LogP contribution in [-0.4, -0.2) is 35.1 Å². The number of rotatable bonds is 4. The Bertz CT molecular complexity index is 465. The number of pyridine rings is 1. The predicted octanol–water partition coefficient (Wildman–Crippen LogP) is 2.73. The third-order valence-electron chi connectivity index (χ3n) is 2.22. The number of carbonyl (C=O) groups excluding carboxylic acids is 1. The van der Waals surface area contributed by atoms with E-state index < -0.39 is 18.6 Å². The molecule has 4 nitrogen and oxygen atoms in total. The number of alkyl halides is 3. The Balaban J connectivity index is 3.02. The highest BCUT2D eigenvalue weighted by Gasteiger charge is 2.33. The second-order valence-corrected chi connectivity index (χ2v) is 4.32. The quantitative estimate of drug-likeness (QED) is 0.929. The van der Waals surface area contributed by atoms with Crippen molar-refractivity contribution in [2.75, 3.05) is 18.8 Å². The molecule has 0 saturated carbocycles. The normalized spacial score (nSPS) is 11.4. The van der Waals surface area contributed by atoms with Crippen LogP contribution in [0.1, 0.15) is 23.8 Å². The number of halogens is 4. The van der Waals surface area contributed by atoms with E-state index in [0.29, 0.717) is 11.3 Å². The Labute approximate surface area is 113 Å². The van der Waals surface area contributed by atoms with Crippen LogP contribution in [0.15, 0.2) is 12.1 Å². The first kappa shape index (κ1) is 15.6. The van der Waals surface area contributed by atoms with Crippen molar-refractivity contribution in [3.63, 3.8) is 0 Å². The summed E-state index contributed by atoms with van der Waals surface area (Å²) >= 11 is 5.76. The zero-order valence-corrected chi connectivity index (χ0v) is 10.9. The number of aromatic nitrogens is 1. The minimum Gasteiger partial charge on any atom is -0.384 e. The molecule has 1 aromatic rings. The second kappa shape index (κ2) is 6.10. The van der Waals surface area contributed by atoms with Crippen LogP contribution < -0.4 is 5.73 Å². The first-order valence-corrected chi connectivity index (χ1v) is 5.90. The van der Waals surface area contributed by atoms with Gasteiger partial charge in [0.05, 0.1) is 5.02 Å². The van der Waals surface area contributed by atoms with Crippen LogP contribution in [0.4, 0.5) is 19.0 Å². The summed E-state index contributed by atoms with van der Waals surface area (Å²) in [6.45, 7) is 0.294. The molecule has 0 bridgehead atoms. The maximum absolute atomic E-state index is 12.4. The van der Waals surface area contributed by atoms with Gasteiger partial charge in [0.2, 0.25) is 0 Å². The van der Waals surface area contributed by atoms with Crippen molar-refractivity contribution < 1.29 is 18.0 Å². The maximum Gasteiger partial charge on any atom is 0.406 e. The summed E-state index contributed by atoms with van der Waals surface area (Å²) in [5, 5.41) is -0.0255. The Morgan fingerprint density at radius 1 is 1.47 bits per heavy atom. The molecular weight excluding hydrogens is 283 g/mol. The van der Waals surface area contributed by atoms with Crippen molar-refractivity contribution in [2.24, 2.45) is 0 Å². The van der Waals surface area contributed by atoms with Crippen LogP contribution in [0.5, 0.6) is 0 Å². The SMILES string of the molecule is CCCN(CC(F)(F)F)C(=O)c1nc(N)ccc1Cl. The highest BCUT2D eigenvalue weighted by atomic mass is 35.5. The molecule has 0 aromatic carbocycles. The van der Waals surface area contributed by atoms with Gasteiger partial charge in [-0.3, -0.25) is 4.79 Å². The fraction of sp³-hybridized carbons (Fsp3) is 0.455. The van der Waals surface area contributed by atoms with Crippen molar-refractivity contribution in [3.8, 4) is 0 Å². The van der Waals surface area contributed by atoms with E-state index in [1.807, 2.05) is 0 Å². The molecule has 0 aliphatic rings. The van der Waals surface area contributed by atoms with Crippen LogP contribution in [0.2, 0.25) is 5.02 Å². The molecule has 1 aromatic heterocycles. The van der Waals surface area contributed by atoms with Crippen molar-refractivity contribution in [1.29, 1.82) is 0 Å². The van der Waals surface area contributed by atoms with Gasteiger partial charge < -0.3 is 10.6 Å². The van der Waals surface area contributed by atoms with E-state index in [0.717, 1.165) is 0 Å². The molecule has 0 radical (unpaired) electrons. The van der Waals surface area contributed by atoms with Crippen LogP contribution >= 0.6 is 11.6 Å². The third-order valence-corrected chi connectivity index (χ3v) is 2.53. The summed E-state index contributed by atoms with van der Waals surface area (Å²) in [5.41, 5.74) is 5.14. The van der Waals surface area contributed by atoms with E-state index in [1.165, 1.54) is 12.1 Å². The number of hydrogen-bond acceptors (Lipinski definition) is 3. The molecule has 1 amide bonds. The van der Waals surface area contributed by atoms with Gasteiger partial charge >= 0.3 is 6.18 Å². The zero-order chi connectivity index (χ0) is 14.6. The van der Waals surface area contributed by atoms with Crippen LogP contribution in [-0.2, 0) is 0 Å². The van der Waals surface area contributed by atoms with Gasteiger partial charge in [-0.1, -0.05) is 18.5 Å². The van der Waals surface area contributed by atoms with Crippen molar-refractivity contribution in [1.82, 2.24) is 9.88 Å². The summed E-state index contributed by atoms with van der Waals surface area (Å²) in [5.74, 6) is -0.854. The molecule has 0 saturated heterocycles. The molecule has 1 rings (SSSR count). The lowest BCUT2D eigenvalue weighted by molar-refractivity contribution is -0.140. The molecule has 106 valence electrons. The van der Waals surface area contributed by atoms with Crippen LogP contribution in [0, 0.1) is 0 Å². The zero-order valence-electron chi connectivity index (χ0n) is 10.2. The summed E-state index contributed by atoms with van der Waals surface area (Å²) < 4.78 is 37.2. The number of hydrogen-bond donors (Lipinski definition) is 1. The fourth-order valence-electron chi connectivity index (χ4n) is 1.50. The molecule has 0 aliphatic heterocycles. The predicted molar refractivity (Wildman–Crippen MR) is 65.9 cm³/mol. The Kier molecular flexibility index (Phi) is 4.99. The minimum absolute atomic E-state index is 0.0243. The van der Waals surface area contributed by atoms with Crippen LogP contribution in [0.25, 0.3) is 0 Å². The average molecular weight is 296 g/mol. The van der Waals surface area contributed by atoms with E-state index in [-0.39, 0.29) is 23.1 Å². The smallest absolute Gasteiger partial charge is 0.384 e. The number of nitrogens with two attached hydrogens (primary N) is 1. The molecule has 0 unspecified atom stereocenters. The van der Waals surface area contributed by atoms with E-state index in [1.54, 1.807) is 6.92 Å². The molecule has 19 heavy (non-hydrogen) atoms. The number of nitrogen functional groups attached to an aromatic ring is 1. The van der Waals surface area contributed by atoms with Crippen molar-refractivity contribution >= 4 is 23.3 Å². The maximum atomic E-state index is 12.4. The summed E-state index contributed by atoms with van der Waals surface area (Å²) in [4.78, 5) is 16.4.